The second-order valence-corrected chi connectivity index (χ2v) is 6.81. The van der Waals surface area contributed by atoms with Crippen LogP contribution in [0, 0.1) is 11.8 Å². The minimum absolute atomic E-state index is 0.256. The molecule has 2 saturated carbocycles. The van der Waals surface area contributed by atoms with Crippen molar-refractivity contribution in [1.29, 1.82) is 0 Å². The largest absolute Gasteiger partial charge is 0.366 e. The van der Waals surface area contributed by atoms with E-state index in [1.54, 1.807) is 0 Å². The summed E-state index contributed by atoms with van der Waals surface area (Å²) in [5.41, 5.74) is 0.511. The summed E-state index contributed by atoms with van der Waals surface area (Å²) < 4.78 is 12.0. The second-order valence-electron chi connectivity index (χ2n) is 6.81. The van der Waals surface area contributed by atoms with Crippen LogP contribution in [-0.4, -0.2) is 23.4 Å². The molecule has 2 nitrogen and oxygen atoms in total. The molecule has 0 aromatic rings. The van der Waals surface area contributed by atoms with Crippen LogP contribution in [0.3, 0.4) is 0 Å². The summed E-state index contributed by atoms with van der Waals surface area (Å²) in [6.45, 7) is 4.61. The molecule has 0 radical (unpaired) electrons. The Morgan fingerprint density at radius 1 is 0.812 bits per heavy atom. The lowest BCUT2D eigenvalue weighted by Crippen LogP contribution is -2.36. The van der Waals surface area contributed by atoms with Gasteiger partial charge in [-0.3, -0.25) is 0 Å². The van der Waals surface area contributed by atoms with Gasteiger partial charge in [-0.25, -0.2) is 0 Å². The highest BCUT2D eigenvalue weighted by Crippen LogP contribution is 2.59. The third-order valence-electron chi connectivity index (χ3n) is 5.63. The van der Waals surface area contributed by atoms with Crippen LogP contribution >= 0.6 is 0 Å². The maximum Gasteiger partial charge on any atom is 0.0923 e. The standard InChI is InChI=1S/C14H22O2/c1-13-7-3-5-9(11(13)15-13)10-6-4-8-14(2)12(10)16-14/h9-12H,3-8H2,1-2H3. The highest BCUT2D eigenvalue weighted by molar-refractivity contribution is 5.13. The molecule has 6 unspecified atom stereocenters. The quantitative estimate of drug-likeness (QED) is 0.637. The van der Waals surface area contributed by atoms with Crippen LogP contribution in [0.4, 0.5) is 0 Å². The molecule has 0 N–H and O–H groups in total. The monoisotopic (exact) mass is 222 g/mol. The highest BCUT2D eigenvalue weighted by atomic mass is 16.6. The summed E-state index contributed by atoms with van der Waals surface area (Å²) in [4.78, 5) is 0. The molecule has 0 aromatic heterocycles. The number of epoxide rings is 2. The number of rotatable bonds is 1. The van der Waals surface area contributed by atoms with Crippen LogP contribution in [0.5, 0.6) is 0 Å². The minimum Gasteiger partial charge on any atom is -0.366 e. The zero-order valence-corrected chi connectivity index (χ0v) is 10.4. The molecule has 4 aliphatic rings. The number of hydrogen-bond donors (Lipinski definition) is 0. The van der Waals surface area contributed by atoms with Gasteiger partial charge in [0.25, 0.3) is 0 Å². The van der Waals surface area contributed by atoms with Gasteiger partial charge in [-0.1, -0.05) is 12.8 Å². The number of ether oxygens (including phenoxy) is 2. The third-order valence-corrected chi connectivity index (χ3v) is 5.63. The van der Waals surface area contributed by atoms with E-state index in [2.05, 4.69) is 13.8 Å². The Morgan fingerprint density at radius 2 is 1.25 bits per heavy atom. The van der Waals surface area contributed by atoms with Gasteiger partial charge in [0, 0.05) is 0 Å². The zero-order valence-electron chi connectivity index (χ0n) is 10.4. The summed E-state index contributed by atoms with van der Waals surface area (Å²) in [5, 5.41) is 0. The van der Waals surface area contributed by atoms with E-state index in [9.17, 15) is 0 Å². The Balaban J connectivity index is 1.54. The maximum atomic E-state index is 5.98. The van der Waals surface area contributed by atoms with Gasteiger partial charge < -0.3 is 9.47 Å². The van der Waals surface area contributed by atoms with Crippen molar-refractivity contribution in [3.63, 3.8) is 0 Å². The van der Waals surface area contributed by atoms with Crippen molar-refractivity contribution >= 4 is 0 Å². The molecule has 2 saturated heterocycles. The topological polar surface area (TPSA) is 25.1 Å². The Kier molecular flexibility index (Phi) is 1.76. The summed E-state index contributed by atoms with van der Waals surface area (Å²) in [7, 11) is 0. The average molecular weight is 222 g/mol. The van der Waals surface area contributed by atoms with E-state index >= 15 is 0 Å². The van der Waals surface area contributed by atoms with Gasteiger partial charge in [0.05, 0.1) is 23.4 Å². The van der Waals surface area contributed by atoms with Gasteiger partial charge in [-0.2, -0.15) is 0 Å². The predicted octanol–water partition coefficient (Wildman–Crippen LogP) is 2.90. The van der Waals surface area contributed by atoms with Crippen molar-refractivity contribution in [2.24, 2.45) is 11.8 Å². The zero-order chi connectivity index (χ0) is 11.0. The maximum absolute atomic E-state index is 5.98. The van der Waals surface area contributed by atoms with Crippen molar-refractivity contribution in [2.75, 3.05) is 0 Å². The minimum atomic E-state index is 0.256. The number of fused-ring (bicyclic) bond motifs is 2. The third kappa shape index (κ3) is 1.20. The van der Waals surface area contributed by atoms with Gasteiger partial charge in [-0.15, -0.1) is 0 Å². The summed E-state index contributed by atoms with van der Waals surface area (Å²) in [6.07, 6.45) is 9.17. The van der Waals surface area contributed by atoms with E-state index in [-0.39, 0.29) is 11.2 Å². The van der Waals surface area contributed by atoms with Gasteiger partial charge in [0.1, 0.15) is 0 Å². The lowest BCUT2D eigenvalue weighted by Gasteiger charge is -2.32. The first-order valence-corrected chi connectivity index (χ1v) is 6.98. The highest BCUT2D eigenvalue weighted by Gasteiger charge is 2.65. The molecular formula is C14H22O2. The molecule has 0 amide bonds. The fourth-order valence-electron chi connectivity index (χ4n) is 4.55. The van der Waals surface area contributed by atoms with Gasteiger partial charge in [-0.05, 0) is 51.4 Å². The van der Waals surface area contributed by atoms with E-state index in [1.165, 1.54) is 38.5 Å². The second kappa shape index (κ2) is 2.84. The van der Waals surface area contributed by atoms with Crippen molar-refractivity contribution in [2.45, 2.75) is 75.8 Å². The molecule has 2 heteroatoms. The lowest BCUT2D eigenvalue weighted by atomic mass is 9.69. The van der Waals surface area contributed by atoms with E-state index in [0.29, 0.717) is 12.2 Å². The van der Waals surface area contributed by atoms with E-state index in [1.807, 2.05) is 0 Å². The van der Waals surface area contributed by atoms with Gasteiger partial charge in [0.15, 0.2) is 0 Å². The molecular weight excluding hydrogens is 200 g/mol. The molecule has 4 rings (SSSR count). The van der Waals surface area contributed by atoms with E-state index in [4.69, 9.17) is 9.47 Å². The normalized spacial score (nSPS) is 63.4. The fraction of sp³-hybridized carbons (Fsp3) is 1.00. The molecule has 2 heterocycles. The molecule has 0 aromatic carbocycles. The molecule has 90 valence electrons. The Bertz CT molecular complexity index is 297. The van der Waals surface area contributed by atoms with Gasteiger partial charge >= 0.3 is 0 Å². The first-order chi connectivity index (χ1) is 7.62. The molecule has 16 heavy (non-hydrogen) atoms. The summed E-state index contributed by atoms with van der Waals surface area (Å²) in [5.74, 6) is 1.59. The predicted molar refractivity (Wildman–Crippen MR) is 61.2 cm³/mol. The SMILES string of the molecule is CC12CCCC(C3CCCC4(C)OC34)C1O2. The van der Waals surface area contributed by atoms with Crippen molar-refractivity contribution in [1.82, 2.24) is 0 Å². The van der Waals surface area contributed by atoms with E-state index < -0.39 is 0 Å². The fourth-order valence-corrected chi connectivity index (χ4v) is 4.55. The van der Waals surface area contributed by atoms with Crippen LogP contribution in [0.2, 0.25) is 0 Å². The molecule has 4 fully saturated rings. The van der Waals surface area contributed by atoms with Crippen molar-refractivity contribution in [3.8, 4) is 0 Å². The smallest absolute Gasteiger partial charge is 0.0923 e. The first-order valence-electron chi connectivity index (χ1n) is 6.98. The van der Waals surface area contributed by atoms with Crippen LogP contribution in [0.15, 0.2) is 0 Å². The van der Waals surface area contributed by atoms with Crippen LogP contribution in [-0.2, 0) is 9.47 Å². The Labute approximate surface area is 97.7 Å². The molecule has 0 bridgehead atoms. The molecule has 6 atom stereocenters. The summed E-state index contributed by atoms with van der Waals surface area (Å²) in [6, 6.07) is 0. The molecule has 2 aliphatic carbocycles. The lowest BCUT2D eigenvalue weighted by molar-refractivity contribution is 0.180. The van der Waals surface area contributed by atoms with Crippen LogP contribution in [0.1, 0.15) is 52.4 Å². The van der Waals surface area contributed by atoms with E-state index in [0.717, 1.165) is 11.8 Å². The Hall–Kier alpha value is -0.0800. The summed E-state index contributed by atoms with van der Waals surface area (Å²) >= 11 is 0. The first kappa shape index (κ1) is 9.90. The molecule has 2 aliphatic heterocycles. The van der Waals surface area contributed by atoms with Gasteiger partial charge in [0.2, 0.25) is 0 Å². The molecule has 0 spiro atoms. The van der Waals surface area contributed by atoms with Crippen LogP contribution < -0.4 is 0 Å². The average Bonchev–Trinajstić information content (AvgIpc) is 3.09. The van der Waals surface area contributed by atoms with Crippen LogP contribution in [0.25, 0.3) is 0 Å². The number of hydrogen-bond acceptors (Lipinski definition) is 2. The Morgan fingerprint density at radius 3 is 1.69 bits per heavy atom. The van der Waals surface area contributed by atoms with Crippen molar-refractivity contribution < 1.29 is 9.47 Å². The van der Waals surface area contributed by atoms with Crippen molar-refractivity contribution in [3.05, 3.63) is 0 Å².